The number of carboxylic acids is 1. The van der Waals surface area contributed by atoms with Crippen LogP contribution in [0.4, 0.5) is 5.82 Å². The first kappa shape index (κ1) is 22.2. The fourth-order valence-corrected chi connectivity index (χ4v) is 3.17. The van der Waals surface area contributed by atoms with E-state index in [0.717, 1.165) is 17.7 Å². The van der Waals surface area contributed by atoms with Crippen LogP contribution in [-0.2, 0) is 16.1 Å². The summed E-state index contributed by atoms with van der Waals surface area (Å²) in [5.74, 6) is -0.955. The van der Waals surface area contributed by atoms with E-state index in [2.05, 4.69) is 65.9 Å². The molecule has 0 unspecified atom stereocenters. The van der Waals surface area contributed by atoms with E-state index in [1.807, 2.05) is 18.2 Å². The number of anilines is 1. The van der Waals surface area contributed by atoms with Crippen LogP contribution >= 0.6 is 0 Å². The number of carbonyl (C=O) groups excluding carboxylic acids is 1. The Bertz CT molecular complexity index is 1030. The minimum absolute atomic E-state index is 0.0746. The highest BCUT2D eigenvalue weighted by atomic mass is 16.4. The Labute approximate surface area is 182 Å². The fourth-order valence-electron chi connectivity index (χ4n) is 3.17. The Balaban J connectivity index is 1.59. The van der Waals surface area contributed by atoms with Crippen LogP contribution < -0.4 is 10.6 Å². The number of hydrogen-bond acceptors (Lipinski definition) is 4. The molecule has 1 atom stereocenters. The van der Waals surface area contributed by atoms with E-state index in [9.17, 15) is 9.59 Å². The number of hydrogen-bond donors (Lipinski definition) is 3. The van der Waals surface area contributed by atoms with Gasteiger partial charge in [0.15, 0.2) is 0 Å². The van der Waals surface area contributed by atoms with Gasteiger partial charge in [0.2, 0.25) is 5.91 Å². The number of carbonyl (C=O) groups is 2. The molecule has 0 saturated carbocycles. The Morgan fingerprint density at radius 3 is 2.45 bits per heavy atom. The summed E-state index contributed by atoms with van der Waals surface area (Å²) in [4.78, 5) is 26.6. The topological polar surface area (TPSA) is 91.3 Å². The zero-order valence-electron chi connectivity index (χ0n) is 17.8. The first-order valence-electron chi connectivity index (χ1n) is 10.3. The number of nitrogens with zero attached hydrogens (tertiary/aromatic N) is 1. The number of amides is 1. The van der Waals surface area contributed by atoms with Crippen molar-refractivity contribution in [3.8, 4) is 11.1 Å². The molecule has 1 aromatic heterocycles. The zero-order valence-corrected chi connectivity index (χ0v) is 17.8. The zero-order chi connectivity index (χ0) is 22.2. The fraction of sp³-hybridized carbons (Fsp3) is 0.240. The first-order valence-corrected chi connectivity index (χ1v) is 10.3. The molecule has 6 nitrogen and oxygen atoms in total. The summed E-state index contributed by atoms with van der Waals surface area (Å²) >= 11 is 0. The Kier molecular flexibility index (Phi) is 7.51. The first-order chi connectivity index (χ1) is 14.9. The molecule has 0 radical (unpaired) electrons. The maximum Gasteiger partial charge on any atom is 0.303 e. The normalized spacial score (nSPS) is 11.7. The largest absolute Gasteiger partial charge is 0.481 e. The predicted octanol–water partition coefficient (Wildman–Crippen LogP) is 4.71. The Hall–Kier alpha value is -3.51. The molecule has 3 rings (SSSR count). The monoisotopic (exact) mass is 417 g/mol. The van der Waals surface area contributed by atoms with E-state index in [1.54, 1.807) is 12.3 Å². The van der Waals surface area contributed by atoms with E-state index < -0.39 is 5.97 Å². The van der Waals surface area contributed by atoms with E-state index in [1.165, 1.54) is 16.7 Å². The molecule has 0 aliphatic heterocycles. The number of aryl methyl sites for hydroxylation is 1. The molecule has 0 bridgehead atoms. The second-order valence-electron chi connectivity index (χ2n) is 7.59. The molecule has 0 saturated heterocycles. The van der Waals surface area contributed by atoms with Gasteiger partial charge in [-0.1, -0.05) is 48.0 Å². The molecule has 31 heavy (non-hydrogen) atoms. The minimum Gasteiger partial charge on any atom is -0.481 e. The summed E-state index contributed by atoms with van der Waals surface area (Å²) in [6.07, 6.45) is 1.43. The van der Waals surface area contributed by atoms with Gasteiger partial charge in [-0.25, -0.2) is 4.98 Å². The third kappa shape index (κ3) is 6.76. The van der Waals surface area contributed by atoms with Crippen molar-refractivity contribution in [2.75, 3.05) is 5.32 Å². The minimum atomic E-state index is -0.999. The average molecular weight is 418 g/mol. The highest BCUT2D eigenvalue weighted by Gasteiger charge is 2.08. The van der Waals surface area contributed by atoms with Crippen LogP contribution in [0.15, 0.2) is 66.9 Å². The number of rotatable bonds is 9. The Morgan fingerprint density at radius 1 is 1.00 bits per heavy atom. The van der Waals surface area contributed by atoms with Crippen molar-refractivity contribution < 1.29 is 14.7 Å². The number of pyridine rings is 1. The van der Waals surface area contributed by atoms with Gasteiger partial charge in [-0.05, 0) is 48.7 Å². The second kappa shape index (κ2) is 10.5. The summed E-state index contributed by atoms with van der Waals surface area (Å²) in [6, 6.07) is 20.7. The summed E-state index contributed by atoms with van der Waals surface area (Å²) in [5.41, 5.74) is 5.66. The van der Waals surface area contributed by atoms with Gasteiger partial charge < -0.3 is 15.7 Å². The summed E-state index contributed by atoms with van der Waals surface area (Å²) in [6.45, 7) is 4.98. The highest BCUT2D eigenvalue weighted by Crippen LogP contribution is 2.22. The summed E-state index contributed by atoms with van der Waals surface area (Å²) < 4.78 is 0. The van der Waals surface area contributed by atoms with Crippen molar-refractivity contribution in [1.82, 2.24) is 10.3 Å². The predicted molar refractivity (Wildman–Crippen MR) is 122 cm³/mol. The van der Waals surface area contributed by atoms with Gasteiger partial charge in [0.25, 0.3) is 0 Å². The van der Waals surface area contributed by atoms with Crippen LogP contribution in [0, 0.1) is 6.92 Å². The molecule has 0 aliphatic rings. The van der Waals surface area contributed by atoms with E-state index >= 15 is 0 Å². The van der Waals surface area contributed by atoms with Gasteiger partial charge in [-0.2, -0.15) is 0 Å². The average Bonchev–Trinajstić information content (AvgIpc) is 2.77. The molecule has 2 aromatic carbocycles. The molecule has 1 amide bonds. The molecule has 0 fully saturated rings. The lowest BCUT2D eigenvalue weighted by atomic mass is 10.0. The number of aromatic nitrogens is 1. The quantitative estimate of drug-likeness (QED) is 0.469. The molecule has 6 heteroatoms. The third-order valence-electron chi connectivity index (χ3n) is 5.05. The van der Waals surface area contributed by atoms with Gasteiger partial charge in [-0.3, -0.25) is 9.59 Å². The summed E-state index contributed by atoms with van der Waals surface area (Å²) in [7, 11) is 0. The highest BCUT2D eigenvalue weighted by molar-refractivity contribution is 5.91. The van der Waals surface area contributed by atoms with Crippen molar-refractivity contribution in [3.63, 3.8) is 0 Å². The van der Waals surface area contributed by atoms with Crippen LogP contribution in [0.25, 0.3) is 11.1 Å². The smallest absolute Gasteiger partial charge is 0.303 e. The van der Waals surface area contributed by atoms with Gasteiger partial charge in [0, 0.05) is 30.8 Å². The van der Waals surface area contributed by atoms with Crippen LogP contribution in [0.3, 0.4) is 0 Å². The lowest BCUT2D eigenvalue weighted by Gasteiger charge is -2.15. The van der Waals surface area contributed by atoms with Crippen molar-refractivity contribution in [2.24, 2.45) is 0 Å². The molecule has 160 valence electrons. The van der Waals surface area contributed by atoms with Crippen molar-refractivity contribution in [2.45, 2.75) is 39.3 Å². The maximum atomic E-state index is 11.7. The molecule has 0 spiro atoms. The Morgan fingerprint density at radius 2 is 1.77 bits per heavy atom. The molecular formula is C25H27N3O3. The van der Waals surface area contributed by atoms with E-state index in [4.69, 9.17) is 5.11 Å². The number of nitrogens with one attached hydrogen (secondary N) is 2. The standard InChI is InChI=1S/C25H27N3O3/c1-17-6-8-20(9-7-17)18(2)26-15-19-4-3-5-21(14-19)22-10-11-23(27-16-22)28-24(29)12-13-25(30)31/h3-11,14,16,18,26H,12-13,15H2,1-2H3,(H,30,31)(H,27,28,29)/t18-/m1/s1. The van der Waals surface area contributed by atoms with Gasteiger partial charge >= 0.3 is 5.97 Å². The molecule has 3 N–H and O–H groups in total. The van der Waals surface area contributed by atoms with Crippen LogP contribution in [-0.4, -0.2) is 22.0 Å². The summed E-state index contributed by atoms with van der Waals surface area (Å²) in [5, 5.41) is 14.8. The van der Waals surface area contributed by atoms with Crippen molar-refractivity contribution in [3.05, 3.63) is 83.6 Å². The lowest BCUT2D eigenvalue weighted by Crippen LogP contribution is -2.18. The van der Waals surface area contributed by atoms with Crippen LogP contribution in [0.1, 0.15) is 42.5 Å². The lowest BCUT2D eigenvalue weighted by molar-refractivity contribution is -0.138. The number of carboxylic acid groups (broad SMARTS) is 1. The SMILES string of the molecule is Cc1ccc([C@@H](C)NCc2cccc(-c3ccc(NC(=O)CCC(=O)O)nc3)c2)cc1. The molecule has 3 aromatic rings. The number of aliphatic carboxylic acids is 1. The van der Waals surface area contributed by atoms with Crippen molar-refractivity contribution >= 4 is 17.7 Å². The van der Waals surface area contributed by atoms with Crippen LogP contribution in [0.5, 0.6) is 0 Å². The van der Waals surface area contributed by atoms with E-state index in [-0.39, 0.29) is 24.8 Å². The second-order valence-corrected chi connectivity index (χ2v) is 7.59. The van der Waals surface area contributed by atoms with E-state index in [0.29, 0.717) is 5.82 Å². The molecule has 0 aliphatic carbocycles. The van der Waals surface area contributed by atoms with Crippen LogP contribution in [0.2, 0.25) is 0 Å². The van der Waals surface area contributed by atoms with Gasteiger partial charge in [0.05, 0.1) is 6.42 Å². The third-order valence-corrected chi connectivity index (χ3v) is 5.05. The van der Waals surface area contributed by atoms with Gasteiger partial charge in [0.1, 0.15) is 5.82 Å². The molecular weight excluding hydrogens is 390 g/mol. The maximum absolute atomic E-state index is 11.7. The molecule has 1 heterocycles. The van der Waals surface area contributed by atoms with Gasteiger partial charge in [-0.15, -0.1) is 0 Å². The van der Waals surface area contributed by atoms with Crippen molar-refractivity contribution in [1.29, 1.82) is 0 Å². The number of benzene rings is 2.